The molecule has 0 aliphatic carbocycles. The van der Waals surface area contributed by atoms with Crippen LogP contribution >= 0.6 is 23.2 Å². The summed E-state index contributed by atoms with van der Waals surface area (Å²) in [6.45, 7) is 1.97. The summed E-state index contributed by atoms with van der Waals surface area (Å²) in [6.07, 6.45) is 0. The molecule has 2 nitrogen and oxygen atoms in total. The summed E-state index contributed by atoms with van der Waals surface area (Å²) in [7, 11) is 1.97. The molecular formula is C10H10Cl2N2. The Bertz CT molecular complexity index is 488. The van der Waals surface area contributed by atoms with Crippen LogP contribution in [0.1, 0.15) is 11.4 Å². The number of rotatable bonds is 1. The molecule has 0 atom stereocenters. The first kappa shape index (κ1) is 9.81. The van der Waals surface area contributed by atoms with Gasteiger partial charge in [-0.3, -0.25) is 0 Å². The predicted molar refractivity (Wildman–Crippen MR) is 60.0 cm³/mol. The molecule has 74 valence electrons. The molecule has 4 heteroatoms. The predicted octanol–water partition coefficient (Wildman–Crippen LogP) is 3.27. The van der Waals surface area contributed by atoms with Crippen LogP contribution in [0.3, 0.4) is 0 Å². The highest BCUT2D eigenvalue weighted by Gasteiger charge is 2.07. The van der Waals surface area contributed by atoms with E-state index in [1.54, 1.807) is 0 Å². The van der Waals surface area contributed by atoms with Gasteiger partial charge in [0.15, 0.2) is 0 Å². The molecule has 0 unspecified atom stereocenters. The maximum absolute atomic E-state index is 6.06. The van der Waals surface area contributed by atoms with E-state index >= 15 is 0 Å². The lowest BCUT2D eigenvalue weighted by Gasteiger charge is -2.01. The van der Waals surface area contributed by atoms with Crippen LogP contribution in [-0.2, 0) is 12.9 Å². The highest BCUT2D eigenvalue weighted by atomic mass is 35.5. The van der Waals surface area contributed by atoms with Crippen LogP contribution in [0.4, 0.5) is 0 Å². The molecule has 0 amide bonds. The minimum Gasteiger partial charge on any atom is -0.331 e. The van der Waals surface area contributed by atoms with Crippen molar-refractivity contribution in [1.82, 2.24) is 9.55 Å². The Hall–Kier alpha value is -0.730. The fraction of sp³-hybridized carbons (Fsp3) is 0.300. The van der Waals surface area contributed by atoms with E-state index in [1.807, 2.05) is 30.7 Å². The summed E-state index contributed by atoms with van der Waals surface area (Å²) < 4.78 is 2.01. The largest absolute Gasteiger partial charge is 0.331 e. The van der Waals surface area contributed by atoms with Gasteiger partial charge in [-0.05, 0) is 24.6 Å². The zero-order valence-corrected chi connectivity index (χ0v) is 9.52. The van der Waals surface area contributed by atoms with E-state index in [-0.39, 0.29) is 0 Å². The molecule has 0 spiro atoms. The van der Waals surface area contributed by atoms with Gasteiger partial charge < -0.3 is 4.57 Å². The molecule has 0 bridgehead atoms. The first-order valence-electron chi connectivity index (χ1n) is 4.31. The van der Waals surface area contributed by atoms with Crippen LogP contribution in [0.2, 0.25) is 5.02 Å². The molecule has 0 aliphatic rings. The maximum atomic E-state index is 6.06. The summed E-state index contributed by atoms with van der Waals surface area (Å²) in [5.74, 6) is 1.40. The molecule has 0 saturated heterocycles. The lowest BCUT2D eigenvalue weighted by Crippen LogP contribution is -1.90. The van der Waals surface area contributed by atoms with Crippen LogP contribution in [-0.4, -0.2) is 9.55 Å². The Balaban J connectivity index is 2.79. The van der Waals surface area contributed by atoms with Crippen molar-refractivity contribution < 1.29 is 0 Å². The third-order valence-corrected chi connectivity index (χ3v) is 3.06. The normalized spacial score (nSPS) is 11.1. The number of hydrogen-bond donors (Lipinski definition) is 0. The number of halogens is 2. The fourth-order valence-electron chi connectivity index (χ4n) is 1.48. The van der Waals surface area contributed by atoms with Crippen molar-refractivity contribution in [2.75, 3.05) is 0 Å². The van der Waals surface area contributed by atoms with Gasteiger partial charge in [0.1, 0.15) is 5.82 Å². The quantitative estimate of drug-likeness (QED) is 0.686. The van der Waals surface area contributed by atoms with Crippen LogP contribution < -0.4 is 0 Å². The Kier molecular flexibility index (Phi) is 2.41. The van der Waals surface area contributed by atoms with Gasteiger partial charge in [0.2, 0.25) is 0 Å². The average molecular weight is 229 g/mol. The first-order valence-corrected chi connectivity index (χ1v) is 5.22. The Morgan fingerprint density at radius 2 is 2.14 bits per heavy atom. The number of aryl methyl sites for hydroxylation is 2. The molecule has 0 N–H and O–H groups in total. The second kappa shape index (κ2) is 3.44. The number of aromatic nitrogens is 2. The Morgan fingerprint density at radius 1 is 1.43 bits per heavy atom. The highest BCUT2D eigenvalue weighted by molar-refractivity contribution is 6.33. The van der Waals surface area contributed by atoms with Gasteiger partial charge in [0.05, 0.1) is 11.0 Å². The van der Waals surface area contributed by atoms with Gasteiger partial charge in [-0.15, -0.1) is 11.6 Å². The lowest BCUT2D eigenvalue weighted by atomic mass is 10.2. The standard InChI is InChI=1S/C10H10Cl2N2/c1-6-13-9-3-7(5-11)8(12)4-10(9)14(6)2/h3-4H,5H2,1-2H3. The third-order valence-electron chi connectivity index (χ3n) is 2.42. The molecular weight excluding hydrogens is 219 g/mol. The third kappa shape index (κ3) is 1.39. The maximum Gasteiger partial charge on any atom is 0.106 e. The van der Waals surface area contributed by atoms with Gasteiger partial charge in [-0.25, -0.2) is 4.98 Å². The van der Waals surface area contributed by atoms with E-state index in [0.29, 0.717) is 10.9 Å². The number of alkyl halides is 1. The van der Waals surface area contributed by atoms with Crippen molar-refractivity contribution in [3.63, 3.8) is 0 Å². The minimum absolute atomic E-state index is 0.421. The average Bonchev–Trinajstić information content (AvgIpc) is 2.43. The summed E-state index contributed by atoms with van der Waals surface area (Å²) in [6, 6.07) is 3.85. The van der Waals surface area contributed by atoms with Crippen molar-refractivity contribution >= 4 is 34.2 Å². The van der Waals surface area contributed by atoms with E-state index in [9.17, 15) is 0 Å². The smallest absolute Gasteiger partial charge is 0.106 e. The second-order valence-electron chi connectivity index (χ2n) is 3.28. The highest BCUT2D eigenvalue weighted by Crippen LogP contribution is 2.25. The van der Waals surface area contributed by atoms with Crippen LogP contribution in [0.5, 0.6) is 0 Å². The molecule has 14 heavy (non-hydrogen) atoms. The van der Waals surface area contributed by atoms with Gasteiger partial charge in [-0.1, -0.05) is 11.6 Å². The van der Waals surface area contributed by atoms with Gasteiger partial charge >= 0.3 is 0 Å². The SMILES string of the molecule is Cc1nc2cc(CCl)c(Cl)cc2n1C. The summed E-state index contributed by atoms with van der Waals surface area (Å²) in [5.41, 5.74) is 2.92. The van der Waals surface area contributed by atoms with Gasteiger partial charge in [0, 0.05) is 18.0 Å². The first-order chi connectivity index (χ1) is 6.63. The molecule has 2 aromatic rings. The van der Waals surface area contributed by atoms with E-state index in [0.717, 1.165) is 22.4 Å². The Labute approximate surface area is 92.5 Å². The summed E-state index contributed by atoms with van der Waals surface area (Å²) >= 11 is 11.8. The van der Waals surface area contributed by atoms with E-state index in [1.165, 1.54) is 0 Å². The lowest BCUT2D eigenvalue weighted by molar-refractivity contribution is 0.886. The van der Waals surface area contributed by atoms with Crippen LogP contribution in [0.15, 0.2) is 12.1 Å². The second-order valence-corrected chi connectivity index (χ2v) is 3.96. The zero-order valence-electron chi connectivity index (χ0n) is 8.01. The number of fused-ring (bicyclic) bond motifs is 1. The zero-order chi connectivity index (χ0) is 10.3. The van der Waals surface area contributed by atoms with Crippen LogP contribution in [0.25, 0.3) is 11.0 Å². The molecule has 0 fully saturated rings. The van der Waals surface area contributed by atoms with Crippen LogP contribution in [0, 0.1) is 6.92 Å². The summed E-state index contributed by atoms with van der Waals surface area (Å²) in [4.78, 5) is 4.41. The van der Waals surface area contributed by atoms with Crippen molar-refractivity contribution in [3.05, 3.63) is 28.5 Å². The summed E-state index contributed by atoms with van der Waals surface area (Å²) in [5, 5.41) is 0.704. The molecule has 0 radical (unpaired) electrons. The van der Waals surface area contributed by atoms with Gasteiger partial charge in [-0.2, -0.15) is 0 Å². The van der Waals surface area contributed by atoms with E-state index < -0.39 is 0 Å². The molecule has 1 aromatic carbocycles. The minimum atomic E-state index is 0.421. The Morgan fingerprint density at radius 3 is 2.79 bits per heavy atom. The molecule has 0 saturated carbocycles. The fourth-order valence-corrected chi connectivity index (χ4v) is 1.99. The van der Waals surface area contributed by atoms with E-state index in [2.05, 4.69) is 4.98 Å². The number of nitrogens with zero attached hydrogens (tertiary/aromatic N) is 2. The number of imidazole rings is 1. The molecule has 2 rings (SSSR count). The van der Waals surface area contributed by atoms with Gasteiger partial charge in [0.25, 0.3) is 0 Å². The van der Waals surface area contributed by atoms with Crippen molar-refractivity contribution in [1.29, 1.82) is 0 Å². The van der Waals surface area contributed by atoms with Crippen molar-refractivity contribution in [2.45, 2.75) is 12.8 Å². The number of hydrogen-bond acceptors (Lipinski definition) is 1. The monoisotopic (exact) mass is 228 g/mol. The molecule has 1 heterocycles. The van der Waals surface area contributed by atoms with Crippen molar-refractivity contribution in [3.8, 4) is 0 Å². The number of benzene rings is 1. The molecule has 1 aromatic heterocycles. The van der Waals surface area contributed by atoms with E-state index in [4.69, 9.17) is 23.2 Å². The topological polar surface area (TPSA) is 17.8 Å². The molecule has 0 aliphatic heterocycles. The van der Waals surface area contributed by atoms with Crippen molar-refractivity contribution in [2.24, 2.45) is 7.05 Å².